The third kappa shape index (κ3) is 5.06. The molecule has 1 saturated carbocycles. The summed E-state index contributed by atoms with van der Waals surface area (Å²) in [4.78, 5) is 69.7. The number of phenols is 1. The average Bonchev–Trinajstić information content (AvgIpc) is 3.45. The number of hydrazine groups is 1. The fourth-order valence-corrected chi connectivity index (χ4v) is 8.87. The number of amides is 4. The fourth-order valence-electron chi connectivity index (χ4n) is 8.42. The number of rotatable bonds is 8. The maximum Gasteiger partial charge on any atom is 0.305 e. The van der Waals surface area contributed by atoms with Gasteiger partial charge in [-0.1, -0.05) is 59.1 Å². The van der Waals surface area contributed by atoms with Gasteiger partial charge in [-0.3, -0.25) is 34.3 Å². The smallest absolute Gasteiger partial charge is 0.305 e. The van der Waals surface area contributed by atoms with E-state index in [9.17, 15) is 29.4 Å². The van der Waals surface area contributed by atoms with Crippen LogP contribution in [-0.4, -0.2) is 63.4 Å². The minimum Gasteiger partial charge on any atom is -0.508 e. The summed E-state index contributed by atoms with van der Waals surface area (Å²) in [6, 6.07) is 18.0. The first-order chi connectivity index (χ1) is 23.5. The Labute approximate surface area is 291 Å². The minimum absolute atomic E-state index is 0.0528. The van der Waals surface area contributed by atoms with Crippen LogP contribution in [-0.2, 0) is 29.4 Å². The summed E-state index contributed by atoms with van der Waals surface area (Å²) >= 11 is 12.6. The van der Waals surface area contributed by atoms with Crippen molar-refractivity contribution in [3.8, 4) is 11.5 Å². The first-order valence-corrected chi connectivity index (χ1v) is 16.5. The van der Waals surface area contributed by atoms with Gasteiger partial charge in [-0.05, 0) is 72.4 Å². The molecule has 0 radical (unpaired) electrons. The summed E-state index contributed by atoms with van der Waals surface area (Å²) in [5, 5.41) is 21.5. The first-order valence-electron chi connectivity index (χ1n) is 15.8. The van der Waals surface area contributed by atoms with Crippen LogP contribution < -0.4 is 10.2 Å². The number of carboxylic acid groups (broad SMARTS) is 1. The van der Waals surface area contributed by atoms with Gasteiger partial charge in [-0.15, -0.1) is 0 Å². The second-order valence-corrected chi connectivity index (χ2v) is 13.6. The molecule has 2 aliphatic heterocycles. The van der Waals surface area contributed by atoms with Crippen LogP contribution in [0, 0.1) is 23.7 Å². The number of carbonyl (C=O) groups excluding carboxylic acids is 4. The highest BCUT2D eigenvalue weighted by Crippen LogP contribution is 2.64. The standard InChI is InChI=1S/C36H31Cl2N3O8/c1-49-22-8-5-19(6-9-22)36-26(33(46)41(35(36)48)39-28-12-7-20(37)16-27(28)38)17-25-23(31(36)18-3-2-4-21(42)15-18)10-11-24-30(25)34(47)40(32(24)45)14-13-29(43)44/h2-10,12,15-16,24-26,30-31,39,42H,11,13-14,17H2,1H3,(H,43,44). The zero-order chi connectivity index (χ0) is 34.8. The number of phenolic OH excluding ortho intramolecular Hbond substituents is 1. The van der Waals surface area contributed by atoms with Gasteiger partial charge >= 0.3 is 5.97 Å². The number of nitrogens with zero attached hydrogens (tertiary/aromatic N) is 2. The van der Waals surface area contributed by atoms with E-state index in [1.54, 1.807) is 54.6 Å². The lowest BCUT2D eigenvalue weighted by Gasteiger charge is -2.50. The summed E-state index contributed by atoms with van der Waals surface area (Å²) in [6.07, 6.45) is 1.74. The fraction of sp³-hybridized carbons (Fsp3) is 0.306. The van der Waals surface area contributed by atoms with Gasteiger partial charge in [0.15, 0.2) is 0 Å². The predicted molar refractivity (Wildman–Crippen MR) is 178 cm³/mol. The van der Waals surface area contributed by atoms with Crippen molar-refractivity contribution >= 4 is 58.5 Å². The molecule has 4 aliphatic rings. The Bertz CT molecular complexity index is 1950. The van der Waals surface area contributed by atoms with Crippen molar-refractivity contribution in [3.05, 3.63) is 99.6 Å². The number of benzene rings is 3. The molecule has 2 aliphatic carbocycles. The maximum atomic E-state index is 15.2. The summed E-state index contributed by atoms with van der Waals surface area (Å²) in [7, 11) is 1.52. The van der Waals surface area contributed by atoms with Crippen molar-refractivity contribution in [2.75, 3.05) is 19.1 Å². The van der Waals surface area contributed by atoms with Gasteiger partial charge in [-0.25, -0.2) is 0 Å². The molecule has 0 spiro atoms. The van der Waals surface area contributed by atoms with Crippen LogP contribution in [0.3, 0.4) is 0 Å². The van der Waals surface area contributed by atoms with Gasteiger partial charge in [0.05, 0.1) is 47.4 Å². The lowest BCUT2D eigenvalue weighted by Crippen LogP contribution is -2.53. The van der Waals surface area contributed by atoms with E-state index in [-0.39, 0.29) is 35.8 Å². The van der Waals surface area contributed by atoms with Gasteiger partial charge in [-0.2, -0.15) is 5.01 Å². The van der Waals surface area contributed by atoms with E-state index < -0.39 is 71.0 Å². The quantitative estimate of drug-likeness (QED) is 0.213. The highest BCUT2D eigenvalue weighted by Gasteiger charge is 2.70. The van der Waals surface area contributed by atoms with E-state index in [0.717, 1.165) is 9.91 Å². The van der Waals surface area contributed by atoms with Crippen molar-refractivity contribution in [1.82, 2.24) is 9.91 Å². The molecule has 0 aromatic heterocycles. The molecular formula is C36H31Cl2N3O8. The molecule has 3 aromatic rings. The molecule has 4 amide bonds. The van der Waals surface area contributed by atoms with E-state index >= 15 is 4.79 Å². The summed E-state index contributed by atoms with van der Waals surface area (Å²) in [5.74, 6) is -6.81. The van der Waals surface area contributed by atoms with Crippen molar-refractivity contribution in [1.29, 1.82) is 0 Å². The SMILES string of the molecule is COc1ccc(C23C(=O)N(Nc4ccc(Cl)cc4Cl)C(=O)C2CC2C(=CCC4C(=O)N(CCC(=O)O)C(=O)C42)C3c2cccc(O)c2)cc1. The highest BCUT2D eigenvalue weighted by atomic mass is 35.5. The second kappa shape index (κ2) is 12.2. The first kappa shape index (κ1) is 32.7. The molecule has 252 valence electrons. The second-order valence-electron chi connectivity index (χ2n) is 12.8. The monoisotopic (exact) mass is 703 g/mol. The number of ether oxygens (including phenoxy) is 1. The van der Waals surface area contributed by atoms with E-state index in [2.05, 4.69) is 5.43 Å². The Morgan fingerprint density at radius 2 is 1.73 bits per heavy atom. The van der Waals surface area contributed by atoms with Crippen molar-refractivity contribution in [3.63, 3.8) is 0 Å². The third-order valence-corrected chi connectivity index (χ3v) is 11.0. The number of allylic oxidation sites excluding steroid dienone is 2. The molecule has 6 atom stereocenters. The van der Waals surface area contributed by atoms with E-state index in [4.69, 9.17) is 27.9 Å². The number of imide groups is 2. The molecule has 3 N–H and O–H groups in total. The number of hydrogen-bond donors (Lipinski definition) is 3. The molecule has 0 bridgehead atoms. The number of halogens is 2. The predicted octanol–water partition coefficient (Wildman–Crippen LogP) is 5.17. The molecule has 13 heteroatoms. The Kier molecular flexibility index (Phi) is 8.15. The number of methoxy groups -OCH3 is 1. The normalized spacial score (nSPS) is 27.4. The molecule has 2 heterocycles. The summed E-state index contributed by atoms with van der Waals surface area (Å²) < 4.78 is 5.41. The molecule has 49 heavy (non-hydrogen) atoms. The number of aliphatic carboxylic acids is 1. The summed E-state index contributed by atoms with van der Waals surface area (Å²) in [5.41, 5.74) is 3.41. The topological polar surface area (TPSA) is 154 Å². The van der Waals surface area contributed by atoms with Crippen LogP contribution in [0.25, 0.3) is 0 Å². The molecule has 3 fully saturated rings. The number of aromatic hydroxyl groups is 1. The van der Waals surface area contributed by atoms with Gasteiger partial charge in [0.1, 0.15) is 11.5 Å². The zero-order valence-electron chi connectivity index (χ0n) is 26.1. The van der Waals surface area contributed by atoms with Gasteiger partial charge in [0.2, 0.25) is 11.8 Å². The Morgan fingerprint density at radius 1 is 0.980 bits per heavy atom. The van der Waals surface area contributed by atoms with Crippen LogP contribution >= 0.6 is 23.2 Å². The van der Waals surface area contributed by atoms with Gasteiger partial charge in [0.25, 0.3) is 11.8 Å². The molecule has 7 rings (SSSR count). The summed E-state index contributed by atoms with van der Waals surface area (Å²) in [6.45, 7) is -0.256. The molecule has 3 aromatic carbocycles. The van der Waals surface area contributed by atoms with Gasteiger partial charge < -0.3 is 14.9 Å². The number of anilines is 1. The van der Waals surface area contributed by atoms with Crippen LogP contribution in [0.1, 0.15) is 36.3 Å². The van der Waals surface area contributed by atoms with Crippen LogP contribution in [0.15, 0.2) is 78.4 Å². The zero-order valence-corrected chi connectivity index (χ0v) is 27.6. The van der Waals surface area contributed by atoms with Crippen molar-refractivity contribution in [2.24, 2.45) is 23.7 Å². The minimum atomic E-state index is -1.56. The number of hydrogen-bond acceptors (Lipinski definition) is 8. The lowest BCUT2D eigenvalue weighted by molar-refractivity contribution is -0.143. The number of likely N-dealkylation sites (tertiary alicyclic amines) is 1. The highest BCUT2D eigenvalue weighted by molar-refractivity contribution is 6.36. The number of nitrogens with one attached hydrogen (secondary N) is 1. The van der Waals surface area contributed by atoms with Crippen LogP contribution in [0.2, 0.25) is 10.0 Å². The Balaban J connectivity index is 1.42. The molecular weight excluding hydrogens is 673 g/mol. The van der Waals surface area contributed by atoms with Crippen molar-refractivity contribution in [2.45, 2.75) is 30.6 Å². The molecule has 6 unspecified atom stereocenters. The largest absolute Gasteiger partial charge is 0.508 e. The maximum absolute atomic E-state index is 15.2. The molecule has 11 nitrogen and oxygen atoms in total. The average molecular weight is 705 g/mol. The Hall–Kier alpha value is -4.87. The Morgan fingerprint density at radius 3 is 2.41 bits per heavy atom. The van der Waals surface area contributed by atoms with Crippen LogP contribution in [0.4, 0.5) is 5.69 Å². The van der Waals surface area contributed by atoms with Crippen molar-refractivity contribution < 1.29 is 38.9 Å². The number of fused-ring (bicyclic) bond motifs is 4. The third-order valence-electron chi connectivity index (χ3n) is 10.4. The van der Waals surface area contributed by atoms with E-state index in [0.29, 0.717) is 27.5 Å². The van der Waals surface area contributed by atoms with Crippen LogP contribution in [0.5, 0.6) is 11.5 Å². The van der Waals surface area contributed by atoms with E-state index in [1.807, 2.05) is 6.08 Å². The van der Waals surface area contributed by atoms with E-state index in [1.165, 1.54) is 19.2 Å². The molecule has 2 saturated heterocycles. The number of carbonyl (C=O) groups is 5. The van der Waals surface area contributed by atoms with Gasteiger partial charge in [0, 0.05) is 17.5 Å². The number of carboxylic acids is 1. The lowest BCUT2D eigenvalue weighted by atomic mass is 9.49.